The number of rotatable bonds is 3. The third-order valence-corrected chi connectivity index (χ3v) is 4.62. The van der Waals surface area contributed by atoms with Crippen molar-refractivity contribution in [2.75, 3.05) is 18.6 Å². The van der Waals surface area contributed by atoms with E-state index in [1.54, 1.807) is 11.8 Å². The van der Waals surface area contributed by atoms with Gasteiger partial charge in [0.1, 0.15) is 5.75 Å². The normalized spacial score (nSPS) is 13.0. The summed E-state index contributed by atoms with van der Waals surface area (Å²) >= 11 is 0. The standard InChI is InChI=1S/C20H19N3O2/c1-22-19(15-7-9-16(25-2)10-8-15)13-17(21-22)20(24)23-12-11-14-5-3-4-6-18(14)23/h3-10,13H,11-12H2,1-2H3. The molecule has 126 valence electrons. The summed E-state index contributed by atoms with van der Waals surface area (Å²) in [5.74, 6) is 0.746. The fourth-order valence-corrected chi connectivity index (χ4v) is 3.29. The molecule has 0 fully saturated rings. The Hall–Kier alpha value is -3.08. The number of benzene rings is 2. The molecule has 0 atom stereocenters. The first kappa shape index (κ1) is 15.4. The summed E-state index contributed by atoms with van der Waals surface area (Å²) in [5.41, 5.74) is 4.56. The Labute approximate surface area is 146 Å². The van der Waals surface area contributed by atoms with E-state index >= 15 is 0 Å². The minimum absolute atomic E-state index is 0.0553. The summed E-state index contributed by atoms with van der Waals surface area (Å²) in [5, 5.41) is 4.44. The topological polar surface area (TPSA) is 47.4 Å². The molecule has 0 unspecified atom stereocenters. The van der Waals surface area contributed by atoms with Crippen molar-refractivity contribution < 1.29 is 9.53 Å². The molecule has 1 aliphatic rings. The van der Waals surface area contributed by atoms with Gasteiger partial charge in [-0.3, -0.25) is 9.48 Å². The van der Waals surface area contributed by atoms with Gasteiger partial charge in [-0.15, -0.1) is 0 Å². The van der Waals surface area contributed by atoms with Gasteiger partial charge in [0.15, 0.2) is 5.69 Å². The number of anilines is 1. The Morgan fingerprint density at radius 2 is 1.88 bits per heavy atom. The Balaban J connectivity index is 1.65. The lowest BCUT2D eigenvalue weighted by molar-refractivity contribution is 0.0984. The Morgan fingerprint density at radius 1 is 1.12 bits per heavy atom. The molecule has 2 aromatic carbocycles. The second-order valence-corrected chi connectivity index (χ2v) is 6.10. The van der Waals surface area contributed by atoms with Crippen LogP contribution in [0.1, 0.15) is 16.1 Å². The molecular formula is C20H19N3O2. The van der Waals surface area contributed by atoms with Crippen molar-refractivity contribution in [1.29, 1.82) is 0 Å². The van der Waals surface area contributed by atoms with Gasteiger partial charge in [0, 0.05) is 24.8 Å². The second-order valence-electron chi connectivity index (χ2n) is 6.10. The number of hydrogen-bond donors (Lipinski definition) is 0. The monoisotopic (exact) mass is 333 g/mol. The van der Waals surface area contributed by atoms with E-state index in [0.29, 0.717) is 12.2 Å². The number of ether oxygens (including phenoxy) is 1. The molecule has 0 bridgehead atoms. The lowest BCUT2D eigenvalue weighted by Gasteiger charge is -2.15. The van der Waals surface area contributed by atoms with Crippen molar-refractivity contribution in [1.82, 2.24) is 9.78 Å². The second kappa shape index (κ2) is 6.09. The number of aryl methyl sites for hydroxylation is 1. The van der Waals surface area contributed by atoms with E-state index in [-0.39, 0.29) is 5.91 Å². The fraction of sp³-hybridized carbons (Fsp3) is 0.200. The van der Waals surface area contributed by atoms with Crippen LogP contribution in [0.2, 0.25) is 0 Å². The molecular weight excluding hydrogens is 314 g/mol. The van der Waals surface area contributed by atoms with Crippen LogP contribution >= 0.6 is 0 Å². The molecule has 5 nitrogen and oxygen atoms in total. The number of nitrogens with zero attached hydrogens (tertiary/aromatic N) is 3. The number of amides is 1. The molecule has 0 spiro atoms. The van der Waals surface area contributed by atoms with E-state index in [1.807, 2.05) is 60.5 Å². The smallest absolute Gasteiger partial charge is 0.278 e. The van der Waals surface area contributed by atoms with Crippen LogP contribution in [0.4, 0.5) is 5.69 Å². The van der Waals surface area contributed by atoms with Crippen LogP contribution in [0, 0.1) is 0 Å². The first-order valence-corrected chi connectivity index (χ1v) is 8.25. The van der Waals surface area contributed by atoms with E-state index in [0.717, 1.165) is 29.1 Å². The molecule has 0 N–H and O–H groups in total. The van der Waals surface area contributed by atoms with Crippen molar-refractivity contribution in [3.8, 4) is 17.0 Å². The van der Waals surface area contributed by atoms with Gasteiger partial charge in [0.25, 0.3) is 5.91 Å². The highest BCUT2D eigenvalue weighted by atomic mass is 16.5. The molecule has 4 rings (SSSR count). The Morgan fingerprint density at radius 3 is 2.64 bits per heavy atom. The molecule has 1 aliphatic heterocycles. The van der Waals surface area contributed by atoms with Crippen LogP contribution in [0.3, 0.4) is 0 Å². The van der Waals surface area contributed by atoms with Crippen LogP contribution < -0.4 is 9.64 Å². The van der Waals surface area contributed by atoms with Gasteiger partial charge < -0.3 is 9.64 Å². The summed E-state index contributed by atoms with van der Waals surface area (Å²) in [6.45, 7) is 0.701. The molecule has 0 radical (unpaired) electrons. The van der Waals surface area contributed by atoms with Crippen LogP contribution in [0.25, 0.3) is 11.3 Å². The van der Waals surface area contributed by atoms with Gasteiger partial charge in [0.05, 0.1) is 12.8 Å². The maximum atomic E-state index is 12.9. The van der Waals surface area contributed by atoms with Gasteiger partial charge >= 0.3 is 0 Å². The van der Waals surface area contributed by atoms with Crippen molar-refractivity contribution >= 4 is 11.6 Å². The molecule has 1 aromatic heterocycles. The van der Waals surface area contributed by atoms with Gasteiger partial charge in [-0.1, -0.05) is 18.2 Å². The molecule has 2 heterocycles. The summed E-state index contributed by atoms with van der Waals surface area (Å²) in [6.07, 6.45) is 0.889. The number of aromatic nitrogens is 2. The number of carbonyl (C=O) groups is 1. The highest BCUT2D eigenvalue weighted by Gasteiger charge is 2.27. The molecule has 1 amide bonds. The largest absolute Gasteiger partial charge is 0.497 e. The average Bonchev–Trinajstić information content (AvgIpc) is 3.25. The minimum Gasteiger partial charge on any atom is -0.497 e. The number of hydrogen-bond acceptors (Lipinski definition) is 3. The molecule has 25 heavy (non-hydrogen) atoms. The van der Waals surface area contributed by atoms with E-state index in [4.69, 9.17) is 4.74 Å². The number of methoxy groups -OCH3 is 1. The predicted molar refractivity (Wildman–Crippen MR) is 97.0 cm³/mol. The lowest BCUT2D eigenvalue weighted by Crippen LogP contribution is -2.29. The fourth-order valence-electron chi connectivity index (χ4n) is 3.29. The summed E-state index contributed by atoms with van der Waals surface area (Å²) in [7, 11) is 3.50. The third-order valence-electron chi connectivity index (χ3n) is 4.62. The molecule has 0 aliphatic carbocycles. The Bertz CT molecular complexity index is 928. The van der Waals surface area contributed by atoms with Gasteiger partial charge in [-0.2, -0.15) is 5.10 Å². The first-order valence-electron chi connectivity index (χ1n) is 8.25. The highest BCUT2D eigenvalue weighted by Crippen LogP contribution is 2.29. The van der Waals surface area contributed by atoms with E-state index in [9.17, 15) is 4.79 Å². The van der Waals surface area contributed by atoms with Gasteiger partial charge in [-0.05, 0) is 48.4 Å². The molecule has 5 heteroatoms. The number of para-hydroxylation sites is 1. The zero-order valence-electron chi connectivity index (χ0n) is 14.3. The van der Waals surface area contributed by atoms with E-state index in [1.165, 1.54) is 5.56 Å². The number of fused-ring (bicyclic) bond motifs is 1. The molecule has 0 saturated heterocycles. The van der Waals surface area contributed by atoms with Crippen molar-refractivity contribution in [3.63, 3.8) is 0 Å². The van der Waals surface area contributed by atoms with Gasteiger partial charge in [-0.25, -0.2) is 0 Å². The first-order chi connectivity index (χ1) is 12.2. The van der Waals surface area contributed by atoms with Crippen LogP contribution in [-0.4, -0.2) is 29.3 Å². The summed E-state index contributed by atoms with van der Waals surface area (Å²) in [4.78, 5) is 14.8. The zero-order valence-corrected chi connectivity index (χ0v) is 14.3. The zero-order chi connectivity index (χ0) is 17.4. The molecule has 3 aromatic rings. The maximum Gasteiger partial charge on any atom is 0.278 e. The summed E-state index contributed by atoms with van der Waals surface area (Å²) < 4.78 is 6.94. The molecule has 0 saturated carbocycles. The van der Waals surface area contributed by atoms with Crippen LogP contribution in [0.15, 0.2) is 54.6 Å². The maximum absolute atomic E-state index is 12.9. The van der Waals surface area contributed by atoms with Crippen molar-refractivity contribution in [2.24, 2.45) is 7.05 Å². The Kier molecular flexibility index (Phi) is 3.76. The average molecular weight is 333 g/mol. The minimum atomic E-state index is -0.0553. The van der Waals surface area contributed by atoms with Crippen molar-refractivity contribution in [2.45, 2.75) is 6.42 Å². The van der Waals surface area contributed by atoms with E-state index < -0.39 is 0 Å². The van der Waals surface area contributed by atoms with Gasteiger partial charge in [0.2, 0.25) is 0 Å². The van der Waals surface area contributed by atoms with Crippen LogP contribution in [0.5, 0.6) is 5.75 Å². The lowest BCUT2D eigenvalue weighted by atomic mass is 10.1. The van der Waals surface area contributed by atoms with E-state index in [2.05, 4.69) is 11.2 Å². The predicted octanol–water partition coefficient (Wildman–Crippen LogP) is 3.30. The van der Waals surface area contributed by atoms with Crippen molar-refractivity contribution in [3.05, 3.63) is 65.9 Å². The highest BCUT2D eigenvalue weighted by molar-refractivity contribution is 6.06. The SMILES string of the molecule is COc1ccc(-c2cc(C(=O)N3CCc4ccccc43)nn2C)cc1. The third kappa shape index (κ3) is 2.67. The summed E-state index contributed by atoms with van der Waals surface area (Å²) in [6, 6.07) is 17.6. The quantitative estimate of drug-likeness (QED) is 0.739. The van der Waals surface area contributed by atoms with Crippen LogP contribution in [-0.2, 0) is 13.5 Å². The number of carbonyl (C=O) groups excluding carboxylic acids is 1.